The molecule has 0 radical (unpaired) electrons. The van der Waals surface area contributed by atoms with Gasteiger partial charge in [0, 0.05) is 17.0 Å². The summed E-state index contributed by atoms with van der Waals surface area (Å²) in [6.07, 6.45) is 0. The topological polar surface area (TPSA) is 51.3 Å². The number of hydrogen-bond acceptors (Lipinski definition) is 3. The molecule has 0 fully saturated rings. The third-order valence-corrected chi connectivity index (χ3v) is 3.21. The Labute approximate surface area is 109 Å². The van der Waals surface area contributed by atoms with Crippen molar-refractivity contribution < 1.29 is 9.47 Å². The summed E-state index contributed by atoms with van der Waals surface area (Å²) in [6, 6.07) is 10.9. The maximum atomic E-state index is 12.5. The predicted molar refractivity (Wildman–Crippen MR) is 75.2 cm³/mol. The fourth-order valence-electron chi connectivity index (χ4n) is 2.25. The molecule has 1 aromatic heterocycles. The predicted octanol–water partition coefficient (Wildman–Crippen LogP) is 2.70. The molecule has 0 amide bonds. The van der Waals surface area contributed by atoms with Gasteiger partial charge in [0.2, 0.25) is 0 Å². The second-order valence-corrected chi connectivity index (χ2v) is 4.25. The second-order valence-electron chi connectivity index (χ2n) is 4.25. The minimum atomic E-state index is -0.0263. The van der Waals surface area contributed by atoms with E-state index in [0.29, 0.717) is 27.8 Å². The van der Waals surface area contributed by atoms with Crippen molar-refractivity contribution in [2.24, 2.45) is 0 Å². The van der Waals surface area contributed by atoms with E-state index in [4.69, 9.17) is 9.47 Å². The van der Waals surface area contributed by atoms with Gasteiger partial charge in [0.15, 0.2) is 5.43 Å². The van der Waals surface area contributed by atoms with Crippen LogP contribution in [0.15, 0.2) is 41.2 Å². The summed E-state index contributed by atoms with van der Waals surface area (Å²) in [5.74, 6) is 1.20. The molecule has 4 nitrogen and oxygen atoms in total. The number of aromatic nitrogens is 1. The van der Waals surface area contributed by atoms with E-state index in [1.807, 2.05) is 18.2 Å². The zero-order valence-corrected chi connectivity index (χ0v) is 10.7. The van der Waals surface area contributed by atoms with E-state index in [2.05, 4.69) is 4.98 Å². The molecule has 0 aliphatic carbocycles. The molecule has 19 heavy (non-hydrogen) atoms. The fourth-order valence-corrected chi connectivity index (χ4v) is 2.25. The quantitative estimate of drug-likeness (QED) is 0.716. The van der Waals surface area contributed by atoms with Crippen LogP contribution in [0, 0.1) is 0 Å². The lowest BCUT2D eigenvalue weighted by Gasteiger charge is -2.09. The van der Waals surface area contributed by atoms with Crippen molar-refractivity contribution >= 4 is 21.8 Å². The molecule has 0 aliphatic rings. The minimum Gasteiger partial charge on any atom is -0.497 e. The number of para-hydroxylation sites is 1. The van der Waals surface area contributed by atoms with Crippen LogP contribution in [0.25, 0.3) is 21.8 Å². The van der Waals surface area contributed by atoms with Crippen LogP contribution in [0.3, 0.4) is 0 Å². The molecule has 96 valence electrons. The molecular formula is C15H13NO3. The van der Waals surface area contributed by atoms with Gasteiger partial charge in [-0.1, -0.05) is 12.1 Å². The minimum absolute atomic E-state index is 0.0263. The molecule has 2 aromatic carbocycles. The highest BCUT2D eigenvalue weighted by Crippen LogP contribution is 2.29. The molecule has 3 rings (SSSR count). The molecule has 1 heterocycles. The summed E-state index contributed by atoms with van der Waals surface area (Å²) in [6.45, 7) is 0. The van der Waals surface area contributed by atoms with Crippen LogP contribution in [0.1, 0.15) is 0 Å². The van der Waals surface area contributed by atoms with Crippen molar-refractivity contribution in [2.45, 2.75) is 0 Å². The van der Waals surface area contributed by atoms with Gasteiger partial charge in [-0.05, 0) is 18.2 Å². The van der Waals surface area contributed by atoms with Gasteiger partial charge in [-0.15, -0.1) is 0 Å². The van der Waals surface area contributed by atoms with Crippen LogP contribution in [0.2, 0.25) is 0 Å². The number of fused-ring (bicyclic) bond motifs is 2. The normalized spacial score (nSPS) is 10.8. The zero-order chi connectivity index (χ0) is 13.4. The van der Waals surface area contributed by atoms with E-state index in [1.54, 1.807) is 32.4 Å². The Morgan fingerprint density at radius 1 is 1.00 bits per heavy atom. The second kappa shape index (κ2) is 4.31. The Kier molecular flexibility index (Phi) is 2.63. The van der Waals surface area contributed by atoms with E-state index in [9.17, 15) is 4.79 Å². The van der Waals surface area contributed by atoms with Gasteiger partial charge in [0.1, 0.15) is 11.5 Å². The summed E-state index contributed by atoms with van der Waals surface area (Å²) >= 11 is 0. The molecule has 1 N–H and O–H groups in total. The zero-order valence-electron chi connectivity index (χ0n) is 10.7. The highest BCUT2D eigenvalue weighted by atomic mass is 16.5. The molecule has 0 saturated carbocycles. The highest BCUT2D eigenvalue weighted by Gasteiger charge is 2.11. The van der Waals surface area contributed by atoms with Crippen molar-refractivity contribution in [2.75, 3.05) is 14.2 Å². The molecule has 0 unspecified atom stereocenters. The standard InChI is InChI=1S/C15H13NO3/c1-18-9-7-11-14(13(8-9)19-2)16-12-6-4-3-5-10(12)15(11)17/h3-8H,1-2H3,(H,16,17). The van der Waals surface area contributed by atoms with Gasteiger partial charge >= 0.3 is 0 Å². The summed E-state index contributed by atoms with van der Waals surface area (Å²) in [5, 5.41) is 1.22. The number of pyridine rings is 1. The van der Waals surface area contributed by atoms with Gasteiger partial charge in [-0.3, -0.25) is 4.79 Å². The smallest absolute Gasteiger partial charge is 0.197 e. The largest absolute Gasteiger partial charge is 0.497 e. The van der Waals surface area contributed by atoms with E-state index in [-0.39, 0.29) is 5.43 Å². The van der Waals surface area contributed by atoms with Crippen LogP contribution in [0.4, 0.5) is 0 Å². The number of nitrogens with one attached hydrogen (secondary N) is 1. The van der Waals surface area contributed by atoms with Gasteiger partial charge in [0.05, 0.1) is 25.1 Å². The number of benzene rings is 2. The average molecular weight is 255 g/mol. The number of hydrogen-bond donors (Lipinski definition) is 1. The lowest BCUT2D eigenvalue weighted by molar-refractivity contribution is 0.397. The van der Waals surface area contributed by atoms with Gasteiger partial charge in [0.25, 0.3) is 0 Å². The number of H-pyrrole nitrogens is 1. The van der Waals surface area contributed by atoms with Crippen molar-refractivity contribution in [1.82, 2.24) is 4.98 Å². The van der Waals surface area contributed by atoms with E-state index in [1.165, 1.54) is 0 Å². The number of methoxy groups -OCH3 is 2. The Bertz CT molecular complexity index is 821. The lowest BCUT2D eigenvalue weighted by Crippen LogP contribution is -2.05. The molecular weight excluding hydrogens is 242 g/mol. The molecule has 0 spiro atoms. The van der Waals surface area contributed by atoms with Crippen LogP contribution in [-0.4, -0.2) is 19.2 Å². The first kappa shape index (κ1) is 11.6. The molecule has 0 aliphatic heterocycles. The van der Waals surface area contributed by atoms with E-state index >= 15 is 0 Å². The summed E-state index contributed by atoms with van der Waals surface area (Å²) in [7, 11) is 3.14. The van der Waals surface area contributed by atoms with E-state index < -0.39 is 0 Å². The van der Waals surface area contributed by atoms with Gasteiger partial charge in [-0.25, -0.2) is 0 Å². The molecule has 0 atom stereocenters. The first-order valence-electron chi connectivity index (χ1n) is 5.91. The monoisotopic (exact) mass is 255 g/mol. The highest BCUT2D eigenvalue weighted by molar-refractivity contribution is 5.95. The SMILES string of the molecule is COc1cc(OC)c2[nH]c3ccccc3c(=O)c2c1. The van der Waals surface area contributed by atoms with Crippen molar-refractivity contribution in [3.05, 3.63) is 46.6 Å². The van der Waals surface area contributed by atoms with Crippen molar-refractivity contribution in [1.29, 1.82) is 0 Å². The lowest BCUT2D eigenvalue weighted by atomic mass is 10.1. The number of aromatic amines is 1. The number of ether oxygens (including phenoxy) is 2. The van der Waals surface area contributed by atoms with Crippen LogP contribution in [0.5, 0.6) is 11.5 Å². The van der Waals surface area contributed by atoms with Crippen molar-refractivity contribution in [3.8, 4) is 11.5 Å². The fraction of sp³-hybridized carbons (Fsp3) is 0.133. The third-order valence-electron chi connectivity index (χ3n) is 3.21. The summed E-state index contributed by atoms with van der Waals surface area (Å²) < 4.78 is 10.5. The molecule has 4 heteroatoms. The van der Waals surface area contributed by atoms with Crippen LogP contribution < -0.4 is 14.9 Å². The maximum Gasteiger partial charge on any atom is 0.197 e. The third kappa shape index (κ3) is 1.73. The Hall–Kier alpha value is -2.49. The molecule has 3 aromatic rings. The molecule has 0 bridgehead atoms. The van der Waals surface area contributed by atoms with Crippen LogP contribution in [-0.2, 0) is 0 Å². The van der Waals surface area contributed by atoms with E-state index in [0.717, 1.165) is 5.52 Å². The average Bonchev–Trinajstić information content (AvgIpc) is 2.47. The summed E-state index contributed by atoms with van der Waals surface area (Å²) in [4.78, 5) is 15.7. The maximum absolute atomic E-state index is 12.5. The first-order valence-corrected chi connectivity index (χ1v) is 5.91. The van der Waals surface area contributed by atoms with Gasteiger partial charge in [-0.2, -0.15) is 0 Å². The Balaban J connectivity index is 2.54. The molecule has 0 saturated heterocycles. The van der Waals surface area contributed by atoms with Gasteiger partial charge < -0.3 is 14.5 Å². The first-order chi connectivity index (χ1) is 9.24. The summed E-state index contributed by atoms with van der Waals surface area (Å²) in [5.41, 5.74) is 1.46. The van der Waals surface area contributed by atoms with Crippen LogP contribution >= 0.6 is 0 Å². The van der Waals surface area contributed by atoms with Crippen molar-refractivity contribution in [3.63, 3.8) is 0 Å². The number of rotatable bonds is 2. The Morgan fingerprint density at radius 2 is 1.79 bits per heavy atom. The Morgan fingerprint density at radius 3 is 2.53 bits per heavy atom.